The lowest BCUT2D eigenvalue weighted by molar-refractivity contribution is 0.0696. The molecule has 0 aliphatic carbocycles. The van der Waals surface area contributed by atoms with Crippen molar-refractivity contribution in [3.63, 3.8) is 0 Å². The van der Waals surface area contributed by atoms with Gasteiger partial charge in [0.25, 0.3) is 0 Å². The van der Waals surface area contributed by atoms with Crippen LogP contribution in [0.5, 0.6) is 11.5 Å². The first kappa shape index (κ1) is 15.1. The number of ether oxygens (including phenoxy) is 2. The number of carboxylic acid groups (broad SMARTS) is 1. The molecule has 1 N–H and O–H groups in total. The highest BCUT2D eigenvalue weighted by Crippen LogP contribution is 2.26. The number of hydrogen-bond donors (Lipinski definition) is 1. The predicted molar refractivity (Wildman–Crippen MR) is 79.1 cm³/mol. The number of carbonyl (C=O) groups is 2. The van der Waals surface area contributed by atoms with Crippen LogP contribution in [0.2, 0.25) is 0 Å². The molecule has 0 aliphatic heterocycles. The van der Waals surface area contributed by atoms with Crippen molar-refractivity contribution in [2.45, 2.75) is 0 Å². The van der Waals surface area contributed by atoms with Crippen LogP contribution in [0.15, 0.2) is 46.9 Å². The Balaban J connectivity index is 2.14. The Morgan fingerprint density at radius 2 is 1.67 bits per heavy atom. The van der Waals surface area contributed by atoms with Gasteiger partial charge in [-0.1, -0.05) is 0 Å². The number of rotatable bonds is 4. The molecule has 0 radical (unpaired) electrons. The smallest absolute Gasteiger partial charge is 0.343 e. The van der Waals surface area contributed by atoms with Gasteiger partial charge in [-0.25, -0.2) is 9.59 Å². The van der Waals surface area contributed by atoms with E-state index in [0.29, 0.717) is 15.8 Å². The molecule has 0 aliphatic rings. The highest BCUT2D eigenvalue weighted by molar-refractivity contribution is 9.10. The highest BCUT2D eigenvalue weighted by atomic mass is 79.9. The number of hydrogen-bond acceptors (Lipinski definition) is 4. The maximum atomic E-state index is 12.0. The number of benzene rings is 2. The van der Waals surface area contributed by atoms with Crippen molar-refractivity contribution in [1.82, 2.24) is 0 Å². The summed E-state index contributed by atoms with van der Waals surface area (Å²) in [5, 5.41) is 8.79. The monoisotopic (exact) mass is 350 g/mol. The predicted octanol–water partition coefficient (Wildman–Crippen LogP) is 3.38. The molecule has 108 valence electrons. The van der Waals surface area contributed by atoms with Crippen molar-refractivity contribution in [2.75, 3.05) is 7.11 Å². The Morgan fingerprint density at radius 1 is 1.05 bits per heavy atom. The first-order valence-corrected chi connectivity index (χ1v) is 6.69. The van der Waals surface area contributed by atoms with Crippen LogP contribution < -0.4 is 9.47 Å². The fraction of sp³-hybridized carbons (Fsp3) is 0.0667. The zero-order chi connectivity index (χ0) is 15.4. The molecule has 0 saturated heterocycles. The minimum absolute atomic E-state index is 0.127. The number of halogens is 1. The summed E-state index contributed by atoms with van der Waals surface area (Å²) < 4.78 is 10.9. The van der Waals surface area contributed by atoms with Gasteiger partial charge < -0.3 is 14.6 Å². The summed E-state index contributed by atoms with van der Waals surface area (Å²) in [5.74, 6) is -0.692. The van der Waals surface area contributed by atoms with Crippen molar-refractivity contribution in [3.05, 3.63) is 58.1 Å². The van der Waals surface area contributed by atoms with E-state index in [9.17, 15) is 9.59 Å². The van der Waals surface area contributed by atoms with Gasteiger partial charge in [-0.15, -0.1) is 0 Å². The molecule has 0 amide bonds. The van der Waals surface area contributed by atoms with Crippen molar-refractivity contribution >= 4 is 27.9 Å². The Morgan fingerprint density at radius 3 is 2.19 bits per heavy atom. The van der Waals surface area contributed by atoms with Gasteiger partial charge in [-0.3, -0.25) is 0 Å². The third-order valence-electron chi connectivity index (χ3n) is 2.70. The minimum Gasteiger partial charge on any atom is -0.496 e. The second kappa shape index (κ2) is 6.41. The van der Waals surface area contributed by atoms with Crippen molar-refractivity contribution in [2.24, 2.45) is 0 Å². The minimum atomic E-state index is -1.04. The van der Waals surface area contributed by atoms with Crippen LogP contribution >= 0.6 is 15.9 Å². The van der Waals surface area contributed by atoms with Gasteiger partial charge in [-0.05, 0) is 58.4 Å². The SMILES string of the molecule is COc1ccc(C(=O)Oc2ccc(C(=O)O)cc2)cc1Br. The fourth-order valence-corrected chi connectivity index (χ4v) is 2.17. The topological polar surface area (TPSA) is 72.8 Å². The molecular weight excluding hydrogens is 340 g/mol. The molecule has 0 atom stereocenters. The van der Waals surface area contributed by atoms with E-state index in [4.69, 9.17) is 14.6 Å². The van der Waals surface area contributed by atoms with E-state index in [2.05, 4.69) is 15.9 Å². The van der Waals surface area contributed by atoms with E-state index in [0.717, 1.165) is 0 Å². The van der Waals surface area contributed by atoms with Gasteiger partial charge in [0.1, 0.15) is 11.5 Å². The maximum absolute atomic E-state index is 12.0. The van der Waals surface area contributed by atoms with E-state index in [1.807, 2.05) is 0 Å². The van der Waals surface area contributed by atoms with Crippen LogP contribution in [0.3, 0.4) is 0 Å². The van der Waals surface area contributed by atoms with Crippen LogP contribution in [0.25, 0.3) is 0 Å². The Bertz CT molecular complexity index is 679. The highest BCUT2D eigenvalue weighted by Gasteiger charge is 2.12. The lowest BCUT2D eigenvalue weighted by Gasteiger charge is -2.07. The second-order valence-corrected chi connectivity index (χ2v) is 4.92. The van der Waals surface area contributed by atoms with Crippen LogP contribution in [-0.4, -0.2) is 24.2 Å². The normalized spacial score (nSPS) is 10.0. The van der Waals surface area contributed by atoms with Gasteiger partial charge in [0.2, 0.25) is 0 Å². The van der Waals surface area contributed by atoms with Crippen molar-refractivity contribution < 1.29 is 24.2 Å². The van der Waals surface area contributed by atoms with Crippen LogP contribution in [0.4, 0.5) is 0 Å². The molecule has 0 aromatic heterocycles. The van der Waals surface area contributed by atoms with Crippen LogP contribution in [-0.2, 0) is 0 Å². The Kier molecular flexibility index (Phi) is 4.59. The quantitative estimate of drug-likeness (QED) is 0.675. The summed E-state index contributed by atoms with van der Waals surface area (Å²) in [7, 11) is 1.53. The summed E-state index contributed by atoms with van der Waals surface area (Å²) >= 11 is 3.29. The van der Waals surface area contributed by atoms with Gasteiger partial charge in [0.15, 0.2) is 0 Å². The zero-order valence-corrected chi connectivity index (χ0v) is 12.6. The molecule has 21 heavy (non-hydrogen) atoms. The van der Waals surface area contributed by atoms with E-state index in [1.165, 1.54) is 31.4 Å². The summed E-state index contributed by atoms with van der Waals surface area (Å²) in [6, 6.07) is 10.4. The third-order valence-corrected chi connectivity index (χ3v) is 3.32. The average Bonchev–Trinajstić information content (AvgIpc) is 2.47. The number of esters is 1. The molecular formula is C15H11BrO5. The number of carboxylic acids is 1. The Hall–Kier alpha value is -2.34. The van der Waals surface area contributed by atoms with E-state index in [1.54, 1.807) is 18.2 Å². The van der Waals surface area contributed by atoms with Crippen LogP contribution in [0.1, 0.15) is 20.7 Å². The number of carbonyl (C=O) groups excluding carboxylic acids is 1. The molecule has 0 unspecified atom stereocenters. The molecule has 5 nitrogen and oxygen atoms in total. The molecule has 0 fully saturated rings. The zero-order valence-electron chi connectivity index (χ0n) is 11.0. The summed E-state index contributed by atoms with van der Waals surface area (Å²) in [6.07, 6.45) is 0. The lowest BCUT2D eigenvalue weighted by atomic mass is 10.2. The molecule has 0 bridgehead atoms. The number of methoxy groups -OCH3 is 1. The van der Waals surface area contributed by atoms with Crippen molar-refractivity contribution in [3.8, 4) is 11.5 Å². The van der Waals surface area contributed by atoms with Crippen molar-refractivity contribution in [1.29, 1.82) is 0 Å². The van der Waals surface area contributed by atoms with Crippen LogP contribution in [0, 0.1) is 0 Å². The standard InChI is InChI=1S/C15H11BrO5/c1-20-13-7-4-10(8-12(13)16)15(19)21-11-5-2-9(3-6-11)14(17)18/h2-8H,1H3,(H,17,18). The summed E-state index contributed by atoms with van der Waals surface area (Å²) in [5.41, 5.74) is 0.479. The molecule has 0 saturated carbocycles. The summed E-state index contributed by atoms with van der Waals surface area (Å²) in [4.78, 5) is 22.7. The van der Waals surface area contributed by atoms with Gasteiger partial charge >= 0.3 is 11.9 Å². The first-order chi connectivity index (χ1) is 10.0. The molecule has 0 spiro atoms. The largest absolute Gasteiger partial charge is 0.496 e. The molecule has 0 heterocycles. The van der Waals surface area contributed by atoms with Gasteiger partial charge in [0.05, 0.1) is 22.7 Å². The lowest BCUT2D eigenvalue weighted by Crippen LogP contribution is -2.08. The van der Waals surface area contributed by atoms with Gasteiger partial charge in [-0.2, -0.15) is 0 Å². The molecule has 2 aromatic rings. The average molecular weight is 351 g/mol. The fourth-order valence-electron chi connectivity index (χ4n) is 1.62. The third kappa shape index (κ3) is 3.61. The van der Waals surface area contributed by atoms with E-state index in [-0.39, 0.29) is 11.3 Å². The summed E-state index contributed by atoms with van der Waals surface area (Å²) in [6.45, 7) is 0. The van der Waals surface area contributed by atoms with E-state index >= 15 is 0 Å². The maximum Gasteiger partial charge on any atom is 0.343 e. The molecule has 2 rings (SSSR count). The second-order valence-electron chi connectivity index (χ2n) is 4.07. The Labute approximate surface area is 129 Å². The first-order valence-electron chi connectivity index (χ1n) is 5.90. The molecule has 2 aromatic carbocycles. The van der Waals surface area contributed by atoms with E-state index < -0.39 is 11.9 Å². The number of aromatic carboxylic acids is 1. The molecule has 6 heteroatoms. The van der Waals surface area contributed by atoms with Gasteiger partial charge in [0, 0.05) is 0 Å².